The number of ether oxygens (including phenoxy) is 3. The second-order valence-corrected chi connectivity index (χ2v) is 7.12. The van der Waals surface area contributed by atoms with E-state index < -0.39 is 5.97 Å². The number of hydrogen-bond acceptors (Lipinski definition) is 7. The van der Waals surface area contributed by atoms with Crippen LogP contribution in [0.15, 0.2) is 52.5 Å². The summed E-state index contributed by atoms with van der Waals surface area (Å²) in [4.78, 5) is 17.5. The van der Waals surface area contributed by atoms with E-state index in [1.54, 1.807) is 35.6 Å². The molecule has 0 amide bonds. The molecule has 0 radical (unpaired) electrons. The van der Waals surface area contributed by atoms with E-state index in [4.69, 9.17) is 18.6 Å². The van der Waals surface area contributed by atoms with Gasteiger partial charge in [-0.1, -0.05) is 6.07 Å². The van der Waals surface area contributed by atoms with E-state index >= 15 is 0 Å². The highest BCUT2D eigenvalue weighted by molar-refractivity contribution is 7.13. The molecule has 0 aliphatic carbocycles. The van der Waals surface area contributed by atoms with Gasteiger partial charge in [0.1, 0.15) is 30.9 Å². The number of hydrogen-bond donors (Lipinski definition) is 0. The van der Waals surface area contributed by atoms with E-state index in [-0.39, 0.29) is 12.7 Å². The number of esters is 1. The Morgan fingerprint density at radius 2 is 2.15 bits per heavy atom. The zero-order chi connectivity index (χ0) is 18.5. The van der Waals surface area contributed by atoms with Crippen LogP contribution in [0.5, 0.6) is 5.75 Å². The fourth-order valence-corrected chi connectivity index (χ4v) is 3.42. The van der Waals surface area contributed by atoms with Crippen LogP contribution in [0.4, 0.5) is 0 Å². The number of aromatic nitrogens is 1. The van der Waals surface area contributed by atoms with Crippen LogP contribution in [0.3, 0.4) is 0 Å². The highest BCUT2D eigenvalue weighted by Gasteiger charge is 2.16. The summed E-state index contributed by atoms with van der Waals surface area (Å²) in [7, 11) is 0. The van der Waals surface area contributed by atoms with Crippen LogP contribution in [0.25, 0.3) is 10.8 Å². The quantitative estimate of drug-likeness (QED) is 0.564. The third-order valence-corrected chi connectivity index (χ3v) is 5.04. The van der Waals surface area contributed by atoms with Gasteiger partial charge in [-0.3, -0.25) is 0 Å². The molecule has 1 atom stereocenters. The van der Waals surface area contributed by atoms with E-state index in [9.17, 15) is 4.79 Å². The van der Waals surface area contributed by atoms with Crippen LogP contribution in [0, 0.1) is 0 Å². The number of thiophene rings is 1. The highest BCUT2D eigenvalue weighted by Crippen LogP contribution is 2.24. The van der Waals surface area contributed by atoms with Crippen LogP contribution in [0.1, 0.15) is 28.9 Å². The topological polar surface area (TPSA) is 70.8 Å². The second kappa shape index (κ2) is 8.37. The number of benzene rings is 1. The maximum Gasteiger partial charge on any atom is 0.338 e. The normalized spacial score (nSPS) is 16.4. The van der Waals surface area contributed by atoms with E-state index in [1.165, 1.54) is 6.26 Å². The molecule has 3 aromatic rings. The zero-order valence-corrected chi connectivity index (χ0v) is 15.4. The number of carbonyl (C=O) groups excluding carboxylic acids is 1. The Morgan fingerprint density at radius 1 is 1.26 bits per heavy atom. The fourth-order valence-electron chi connectivity index (χ4n) is 2.76. The van der Waals surface area contributed by atoms with Crippen LogP contribution >= 0.6 is 11.3 Å². The minimum Gasteiger partial charge on any atom is -0.491 e. The molecule has 1 aromatic carbocycles. The Kier molecular flexibility index (Phi) is 5.50. The van der Waals surface area contributed by atoms with E-state index in [1.807, 2.05) is 17.5 Å². The van der Waals surface area contributed by atoms with Gasteiger partial charge in [0.25, 0.3) is 0 Å². The third-order valence-electron chi connectivity index (χ3n) is 4.18. The van der Waals surface area contributed by atoms with Crippen molar-refractivity contribution in [2.45, 2.75) is 25.6 Å². The number of oxazole rings is 1. The summed E-state index contributed by atoms with van der Waals surface area (Å²) in [6.07, 6.45) is 3.78. The van der Waals surface area contributed by atoms with Crippen molar-refractivity contribution in [2.24, 2.45) is 0 Å². The first kappa shape index (κ1) is 17.8. The molecule has 7 heteroatoms. The lowest BCUT2D eigenvalue weighted by atomic mass is 10.2. The smallest absolute Gasteiger partial charge is 0.338 e. The standard InChI is InChI=1S/C20H19NO5S/c22-20(26-12-15-11-25-19(21-15)18-4-2-10-27-18)14-5-7-16(8-6-14)24-13-17-3-1-9-23-17/h2,4-8,10-11,17H,1,3,9,12-13H2/t17-/m0/s1. The van der Waals surface area contributed by atoms with Crippen LogP contribution in [-0.4, -0.2) is 30.3 Å². The summed E-state index contributed by atoms with van der Waals surface area (Å²) >= 11 is 1.54. The van der Waals surface area contributed by atoms with Crippen molar-refractivity contribution in [1.29, 1.82) is 0 Å². The molecule has 4 rings (SSSR count). The summed E-state index contributed by atoms with van der Waals surface area (Å²) in [5, 5.41) is 1.95. The molecule has 0 saturated carbocycles. The summed E-state index contributed by atoms with van der Waals surface area (Å²) in [5.41, 5.74) is 1.03. The average Bonchev–Trinajstić information content (AvgIpc) is 3.47. The van der Waals surface area contributed by atoms with E-state index in [0.29, 0.717) is 29.5 Å². The molecule has 0 N–H and O–H groups in total. The first-order valence-corrected chi connectivity index (χ1v) is 9.66. The SMILES string of the molecule is O=C(OCc1coc(-c2cccs2)n1)c1ccc(OC[C@@H]2CCCO2)cc1. The lowest BCUT2D eigenvalue weighted by molar-refractivity contribution is 0.0467. The van der Waals surface area contributed by atoms with Gasteiger partial charge in [0.15, 0.2) is 0 Å². The molecule has 0 unspecified atom stereocenters. The van der Waals surface area contributed by atoms with Crippen molar-refractivity contribution in [1.82, 2.24) is 4.98 Å². The molecule has 1 saturated heterocycles. The monoisotopic (exact) mass is 385 g/mol. The summed E-state index contributed by atoms with van der Waals surface area (Å²) in [5.74, 6) is 0.823. The van der Waals surface area contributed by atoms with Gasteiger partial charge in [-0.25, -0.2) is 9.78 Å². The minimum absolute atomic E-state index is 0.0605. The molecule has 1 fully saturated rings. The molecule has 27 heavy (non-hydrogen) atoms. The maximum atomic E-state index is 12.2. The lowest BCUT2D eigenvalue weighted by Crippen LogP contribution is -2.16. The Balaban J connectivity index is 1.28. The summed E-state index contributed by atoms with van der Waals surface area (Å²) < 4.78 is 21.9. The van der Waals surface area contributed by atoms with E-state index in [0.717, 1.165) is 24.3 Å². The molecule has 0 spiro atoms. The number of carbonyl (C=O) groups is 1. The predicted octanol–water partition coefficient (Wildman–Crippen LogP) is 4.32. The molecular weight excluding hydrogens is 366 g/mol. The van der Waals surface area contributed by atoms with Crippen LogP contribution < -0.4 is 4.74 Å². The first-order valence-electron chi connectivity index (χ1n) is 8.78. The van der Waals surface area contributed by atoms with Crippen LogP contribution in [-0.2, 0) is 16.1 Å². The Labute approximate surface area is 160 Å². The Morgan fingerprint density at radius 3 is 2.89 bits per heavy atom. The molecule has 6 nitrogen and oxygen atoms in total. The predicted molar refractivity (Wildman–Crippen MR) is 99.8 cm³/mol. The summed E-state index contributed by atoms with van der Waals surface area (Å²) in [6.45, 7) is 1.40. The largest absolute Gasteiger partial charge is 0.491 e. The molecule has 2 aromatic heterocycles. The van der Waals surface area contributed by atoms with Crippen molar-refractivity contribution in [3.63, 3.8) is 0 Å². The van der Waals surface area contributed by atoms with Gasteiger partial charge in [-0.05, 0) is 48.6 Å². The van der Waals surface area contributed by atoms with Gasteiger partial charge < -0.3 is 18.6 Å². The lowest BCUT2D eigenvalue weighted by Gasteiger charge is -2.11. The first-order chi connectivity index (χ1) is 13.3. The van der Waals surface area contributed by atoms with Gasteiger partial charge >= 0.3 is 5.97 Å². The van der Waals surface area contributed by atoms with Crippen molar-refractivity contribution in [3.8, 4) is 16.5 Å². The van der Waals surface area contributed by atoms with Gasteiger partial charge in [0.2, 0.25) is 5.89 Å². The molecule has 3 heterocycles. The fraction of sp³-hybridized carbons (Fsp3) is 0.300. The number of rotatable bonds is 7. The molecule has 1 aliphatic heterocycles. The van der Waals surface area contributed by atoms with Crippen molar-refractivity contribution >= 4 is 17.3 Å². The summed E-state index contributed by atoms with van der Waals surface area (Å²) in [6, 6.07) is 10.7. The van der Waals surface area contributed by atoms with E-state index in [2.05, 4.69) is 4.98 Å². The Bertz CT molecular complexity index is 866. The second-order valence-electron chi connectivity index (χ2n) is 6.17. The van der Waals surface area contributed by atoms with Crippen molar-refractivity contribution < 1.29 is 23.4 Å². The Hall–Kier alpha value is -2.64. The van der Waals surface area contributed by atoms with Crippen LogP contribution in [0.2, 0.25) is 0 Å². The molecular formula is C20H19NO5S. The molecule has 0 bridgehead atoms. The maximum absolute atomic E-state index is 12.2. The van der Waals surface area contributed by atoms with Gasteiger partial charge in [-0.15, -0.1) is 11.3 Å². The third kappa shape index (κ3) is 4.56. The van der Waals surface area contributed by atoms with Crippen molar-refractivity contribution in [3.05, 3.63) is 59.3 Å². The highest BCUT2D eigenvalue weighted by atomic mass is 32.1. The van der Waals surface area contributed by atoms with Gasteiger partial charge in [0.05, 0.1) is 16.5 Å². The molecule has 140 valence electrons. The average molecular weight is 385 g/mol. The zero-order valence-electron chi connectivity index (χ0n) is 14.6. The number of nitrogens with zero attached hydrogens (tertiary/aromatic N) is 1. The van der Waals surface area contributed by atoms with Crippen molar-refractivity contribution in [2.75, 3.05) is 13.2 Å². The van der Waals surface area contributed by atoms with Gasteiger partial charge in [-0.2, -0.15) is 0 Å². The minimum atomic E-state index is -0.415. The van der Waals surface area contributed by atoms with Gasteiger partial charge in [0, 0.05) is 6.61 Å². The molecule has 1 aliphatic rings.